The molecule has 0 saturated carbocycles. The fourth-order valence-electron chi connectivity index (χ4n) is 1.44. The van der Waals surface area contributed by atoms with Gasteiger partial charge in [-0.15, -0.1) is 22.7 Å². The normalized spacial score (nSPS) is 12.6. The van der Waals surface area contributed by atoms with E-state index in [1.54, 1.807) is 11.3 Å². The van der Waals surface area contributed by atoms with Gasteiger partial charge in [0.15, 0.2) is 0 Å². The Balaban J connectivity index is 2.15. The standard InChI is InChI=1S/C12H12N2OS2/c1-7(2)8(6-13)14-12(15)11-5-10-9(17-11)3-4-16-10/h3-5,7-8H,1-2H3,(H,14,15). The van der Waals surface area contributed by atoms with Crippen molar-refractivity contribution in [2.75, 3.05) is 0 Å². The minimum absolute atomic E-state index is 0.116. The lowest BCUT2D eigenvalue weighted by atomic mass is 10.1. The topological polar surface area (TPSA) is 52.9 Å². The number of carbonyl (C=O) groups is 1. The lowest BCUT2D eigenvalue weighted by molar-refractivity contribution is 0.0942. The van der Waals surface area contributed by atoms with Crippen LogP contribution in [0.15, 0.2) is 17.5 Å². The Hall–Kier alpha value is -1.38. The molecule has 0 aliphatic heterocycles. The first kappa shape index (κ1) is 12.1. The van der Waals surface area contributed by atoms with E-state index in [1.807, 2.05) is 31.4 Å². The molecule has 1 unspecified atom stereocenters. The van der Waals surface area contributed by atoms with Crippen LogP contribution in [0.25, 0.3) is 9.40 Å². The Morgan fingerprint density at radius 3 is 2.82 bits per heavy atom. The van der Waals surface area contributed by atoms with Crippen LogP contribution in [0, 0.1) is 17.2 Å². The first-order chi connectivity index (χ1) is 8.11. The van der Waals surface area contributed by atoms with Crippen molar-refractivity contribution in [2.45, 2.75) is 19.9 Å². The van der Waals surface area contributed by atoms with E-state index in [1.165, 1.54) is 11.3 Å². The van der Waals surface area contributed by atoms with Crippen LogP contribution >= 0.6 is 22.7 Å². The summed E-state index contributed by atoms with van der Waals surface area (Å²) in [6, 6.07) is 5.57. The maximum atomic E-state index is 11.9. The van der Waals surface area contributed by atoms with Crippen molar-refractivity contribution in [3.05, 3.63) is 22.4 Å². The SMILES string of the molecule is CC(C)C(C#N)NC(=O)c1cc2sccc2s1. The van der Waals surface area contributed by atoms with Crippen LogP contribution in [0.3, 0.4) is 0 Å². The van der Waals surface area contributed by atoms with Gasteiger partial charge in [0, 0.05) is 9.40 Å². The third kappa shape index (κ3) is 2.48. The van der Waals surface area contributed by atoms with Gasteiger partial charge < -0.3 is 5.32 Å². The van der Waals surface area contributed by atoms with Gasteiger partial charge in [0.2, 0.25) is 0 Å². The predicted molar refractivity (Wildman–Crippen MR) is 71.4 cm³/mol. The van der Waals surface area contributed by atoms with Gasteiger partial charge in [-0.1, -0.05) is 13.8 Å². The summed E-state index contributed by atoms with van der Waals surface area (Å²) in [4.78, 5) is 12.6. The predicted octanol–water partition coefficient (Wildman–Crippen LogP) is 3.24. The molecule has 0 fully saturated rings. The molecule has 5 heteroatoms. The van der Waals surface area contributed by atoms with Crippen LogP contribution in [-0.4, -0.2) is 11.9 Å². The molecule has 0 bridgehead atoms. The van der Waals surface area contributed by atoms with Crippen molar-refractivity contribution in [3.63, 3.8) is 0 Å². The number of fused-ring (bicyclic) bond motifs is 1. The zero-order valence-electron chi connectivity index (χ0n) is 9.56. The summed E-state index contributed by atoms with van der Waals surface area (Å²) in [6.07, 6.45) is 0. The van der Waals surface area contributed by atoms with Crippen LogP contribution in [0.5, 0.6) is 0 Å². The zero-order chi connectivity index (χ0) is 12.4. The fraction of sp³-hybridized carbons (Fsp3) is 0.333. The summed E-state index contributed by atoms with van der Waals surface area (Å²) >= 11 is 3.09. The molecular weight excluding hydrogens is 252 g/mol. The number of nitriles is 1. The molecule has 1 atom stereocenters. The van der Waals surface area contributed by atoms with E-state index in [-0.39, 0.29) is 11.8 Å². The maximum Gasteiger partial charge on any atom is 0.262 e. The van der Waals surface area contributed by atoms with Gasteiger partial charge in [0.05, 0.1) is 10.9 Å². The van der Waals surface area contributed by atoms with E-state index >= 15 is 0 Å². The second kappa shape index (κ2) is 4.86. The van der Waals surface area contributed by atoms with Crippen molar-refractivity contribution in [3.8, 4) is 6.07 Å². The second-order valence-corrected chi connectivity index (χ2v) is 6.12. The second-order valence-electron chi connectivity index (χ2n) is 4.08. The molecule has 17 heavy (non-hydrogen) atoms. The van der Waals surface area contributed by atoms with E-state index in [9.17, 15) is 4.79 Å². The van der Waals surface area contributed by atoms with E-state index in [2.05, 4.69) is 11.4 Å². The lowest BCUT2D eigenvalue weighted by Crippen LogP contribution is -2.36. The Morgan fingerprint density at radius 2 is 2.24 bits per heavy atom. The highest BCUT2D eigenvalue weighted by atomic mass is 32.1. The van der Waals surface area contributed by atoms with Crippen molar-refractivity contribution in [1.29, 1.82) is 5.26 Å². The van der Waals surface area contributed by atoms with E-state index in [0.717, 1.165) is 9.40 Å². The Morgan fingerprint density at radius 1 is 1.47 bits per heavy atom. The van der Waals surface area contributed by atoms with Gasteiger partial charge in [-0.3, -0.25) is 4.79 Å². The minimum Gasteiger partial charge on any atom is -0.335 e. The quantitative estimate of drug-likeness (QED) is 0.925. The van der Waals surface area contributed by atoms with Crippen molar-refractivity contribution in [2.24, 2.45) is 5.92 Å². The smallest absolute Gasteiger partial charge is 0.262 e. The third-order valence-corrected chi connectivity index (χ3v) is 4.55. The van der Waals surface area contributed by atoms with Gasteiger partial charge >= 0.3 is 0 Å². The molecule has 2 aromatic heterocycles. The van der Waals surface area contributed by atoms with Crippen LogP contribution in [-0.2, 0) is 0 Å². The summed E-state index contributed by atoms with van der Waals surface area (Å²) in [6.45, 7) is 3.84. The number of hydrogen-bond acceptors (Lipinski definition) is 4. The molecule has 2 aromatic rings. The molecule has 1 N–H and O–H groups in total. The van der Waals surface area contributed by atoms with E-state index < -0.39 is 6.04 Å². The molecule has 2 heterocycles. The molecule has 0 aliphatic carbocycles. The molecule has 0 aromatic carbocycles. The van der Waals surface area contributed by atoms with Crippen LogP contribution in [0.2, 0.25) is 0 Å². The Kier molecular flexibility index (Phi) is 3.46. The highest BCUT2D eigenvalue weighted by Crippen LogP contribution is 2.29. The highest BCUT2D eigenvalue weighted by molar-refractivity contribution is 7.27. The Bertz CT molecular complexity index is 548. The molecule has 88 valence electrons. The van der Waals surface area contributed by atoms with E-state index in [0.29, 0.717) is 4.88 Å². The maximum absolute atomic E-state index is 11.9. The number of hydrogen-bond donors (Lipinski definition) is 1. The number of nitrogens with one attached hydrogen (secondary N) is 1. The van der Waals surface area contributed by atoms with Gasteiger partial charge in [-0.2, -0.15) is 5.26 Å². The van der Waals surface area contributed by atoms with Crippen LogP contribution in [0.1, 0.15) is 23.5 Å². The molecule has 2 rings (SSSR count). The molecular formula is C12H12N2OS2. The summed E-state index contributed by atoms with van der Waals surface area (Å²) in [5.41, 5.74) is 0. The largest absolute Gasteiger partial charge is 0.335 e. The van der Waals surface area contributed by atoms with E-state index in [4.69, 9.17) is 5.26 Å². The number of amides is 1. The average Bonchev–Trinajstić information content (AvgIpc) is 2.84. The van der Waals surface area contributed by atoms with Crippen molar-refractivity contribution in [1.82, 2.24) is 5.32 Å². The fourth-order valence-corrected chi connectivity index (χ4v) is 3.45. The number of rotatable bonds is 3. The highest BCUT2D eigenvalue weighted by Gasteiger charge is 2.18. The molecule has 0 spiro atoms. The number of thiophene rings is 2. The summed E-state index contributed by atoms with van der Waals surface area (Å²) < 4.78 is 2.25. The summed E-state index contributed by atoms with van der Waals surface area (Å²) in [5.74, 6) is -0.0383. The molecule has 0 saturated heterocycles. The third-order valence-electron chi connectivity index (χ3n) is 2.46. The molecule has 0 radical (unpaired) electrons. The number of nitrogens with zero attached hydrogens (tertiary/aromatic N) is 1. The first-order valence-electron chi connectivity index (χ1n) is 5.29. The zero-order valence-corrected chi connectivity index (χ0v) is 11.2. The Labute approximate surface area is 108 Å². The summed E-state index contributed by atoms with van der Waals surface area (Å²) in [7, 11) is 0. The minimum atomic E-state index is -0.428. The monoisotopic (exact) mass is 264 g/mol. The number of carbonyl (C=O) groups excluding carboxylic acids is 1. The van der Waals surface area contributed by atoms with Gasteiger partial charge in [0.1, 0.15) is 6.04 Å². The first-order valence-corrected chi connectivity index (χ1v) is 6.99. The van der Waals surface area contributed by atoms with Crippen molar-refractivity contribution >= 4 is 38.0 Å². The van der Waals surface area contributed by atoms with Gasteiger partial charge in [-0.05, 0) is 23.4 Å². The lowest BCUT2D eigenvalue weighted by Gasteiger charge is -2.13. The average molecular weight is 264 g/mol. The van der Waals surface area contributed by atoms with Crippen molar-refractivity contribution < 1.29 is 4.79 Å². The van der Waals surface area contributed by atoms with Gasteiger partial charge in [-0.25, -0.2) is 0 Å². The molecule has 1 amide bonds. The molecule has 3 nitrogen and oxygen atoms in total. The molecule has 0 aliphatic rings. The summed E-state index contributed by atoms with van der Waals surface area (Å²) in [5, 5.41) is 13.7. The van der Waals surface area contributed by atoms with Crippen LogP contribution < -0.4 is 5.32 Å². The van der Waals surface area contributed by atoms with Crippen LogP contribution in [0.4, 0.5) is 0 Å². The van der Waals surface area contributed by atoms with Gasteiger partial charge in [0.25, 0.3) is 5.91 Å².